The van der Waals surface area contributed by atoms with Crippen LogP contribution in [0.2, 0.25) is 0 Å². The number of hydrogen-bond donors (Lipinski definition) is 1. The Balaban J connectivity index is 1.71. The third kappa shape index (κ3) is 4.70. The number of anilines is 1. The Kier molecular flexibility index (Phi) is 6.31. The summed E-state index contributed by atoms with van der Waals surface area (Å²) in [6.07, 6.45) is 0.770. The van der Waals surface area contributed by atoms with Gasteiger partial charge in [-0.05, 0) is 55.8 Å². The second-order valence-corrected chi connectivity index (χ2v) is 7.17. The minimum absolute atomic E-state index is 0.272. The van der Waals surface area contributed by atoms with Crippen molar-refractivity contribution >= 4 is 33.5 Å². The number of ether oxygens (including phenoxy) is 1. The van der Waals surface area contributed by atoms with Gasteiger partial charge in [0.15, 0.2) is 0 Å². The number of rotatable bonds is 6. The molecule has 1 N–H and O–H groups in total. The highest BCUT2D eigenvalue weighted by atomic mass is 79.9. The Bertz CT molecular complexity index is 975. The van der Waals surface area contributed by atoms with E-state index in [4.69, 9.17) is 9.15 Å². The van der Waals surface area contributed by atoms with Gasteiger partial charge in [0, 0.05) is 15.7 Å². The smallest absolute Gasteiger partial charge is 0.338 e. The van der Waals surface area contributed by atoms with Gasteiger partial charge >= 0.3 is 5.97 Å². The van der Waals surface area contributed by atoms with Crippen LogP contribution < -0.4 is 5.32 Å². The third-order valence-electron chi connectivity index (χ3n) is 4.11. The number of carbonyl (C=O) groups excluding carboxylic acids is 2. The van der Waals surface area contributed by atoms with Crippen LogP contribution in [0.15, 0.2) is 63.5 Å². The van der Waals surface area contributed by atoms with Crippen LogP contribution in [0.1, 0.15) is 39.8 Å². The van der Waals surface area contributed by atoms with Gasteiger partial charge in [0.05, 0.1) is 17.7 Å². The molecule has 0 atom stereocenters. The van der Waals surface area contributed by atoms with Crippen molar-refractivity contribution in [3.05, 3.63) is 76.0 Å². The fourth-order valence-corrected chi connectivity index (χ4v) is 2.89. The molecule has 3 rings (SSSR count). The average molecular weight is 442 g/mol. The maximum absolute atomic E-state index is 12.6. The van der Waals surface area contributed by atoms with Crippen LogP contribution in [0.25, 0.3) is 11.3 Å². The zero-order valence-corrected chi connectivity index (χ0v) is 17.2. The number of nitrogens with one attached hydrogen (secondary N) is 1. The zero-order chi connectivity index (χ0) is 20.1. The number of esters is 1. The maximum atomic E-state index is 12.6. The zero-order valence-electron chi connectivity index (χ0n) is 15.6. The van der Waals surface area contributed by atoms with Crippen molar-refractivity contribution in [3.63, 3.8) is 0 Å². The summed E-state index contributed by atoms with van der Waals surface area (Å²) in [5, 5.41) is 2.82. The number of amides is 1. The Hall–Kier alpha value is -2.86. The van der Waals surface area contributed by atoms with Crippen molar-refractivity contribution < 1.29 is 18.7 Å². The van der Waals surface area contributed by atoms with Gasteiger partial charge in [0.25, 0.3) is 5.91 Å². The molecule has 1 amide bonds. The van der Waals surface area contributed by atoms with E-state index in [1.165, 1.54) is 0 Å². The lowest BCUT2D eigenvalue weighted by atomic mass is 10.1. The summed E-state index contributed by atoms with van der Waals surface area (Å²) in [5.74, 6) is 0.523. The SMILES string of the molecule is CCCOC(=O)c1ccc(NC(=O)c2cc(-c3ccc(Br)cc3)oc2C)cc1. The van der Waals surface area contributed by atoms with E-state index in [9.17, 15) is 9.59 Å². The Morgan fingerprint density at radius 1 is 1.07 bits per heavy atom. The van der Waals surface area contributed by atoms with E-state index in [2.05, 4.69) is 21.2 Å². The van der Waals surface area contributed by atoms with Crippen molar-refractivity contribution in [2.45, 2.75) is 20.3 Å². The van der Waals surface area contributed by atoms with Crippen molar-refractivity contribution in [2.24, 2.45) is 0 Å². The number of carbonyl (C=O) groups is 2. The molecule has 1 aromatic heterocycles. The molecule has 0 saturated carbocycles. The number of hydrogen-bond acceptors (Lipinski definition) is 4. The molecule has 144 valence electrons. The van der Waals surface area contributed by atoms with Crippen LogP contribution in [0, 0.1) is 6.92 Å². The van der Waals surface area contributed by atoms with Crippen molar-refractivity contribution in [3.8, 4) is 11.3 Å². The molecule has 3 aromatic rings. The van der Waals surface area contributed by atoms with Crippen LogP contribution in [-0.2, 0) is 4.74 Å². The highest BCUT2D eigenvalue weighted by molar-refractivity contribution is 9.10. The van der Waals surface area contributed by atoms with Crippen LogP contribution >= 0.6 is 15.9 Å². The van der Waals surface area contributed by atoms with Gasteiger partial charge < -0.3 is 14.5 Å². The fraction of sp³-hybridized carbons (Fsp3) is 0.182. The first-order chi connectivity index (χ1) is 13.5. The van der Waals surface area contributed by atoms with Gasteiger partial charge in [-0.1, -0.05) is 35.0 Å². The Labute approximate surface area is 171 Å². The molecule has 2 aromatic carbocycles. The molecule has 28 heavy (non-hydrogen) atoms. The lowest BCUT2D eigenvalue weighted by Crippen LogP contribution is -2.12. The molecule has 0 unspecified atom stereocenters. The highest BCUT2D eigenvalue weighted by Gasteiger charge is 2.16. The van der Waals surface area contributed by atoms with E-state index in [0.717, 1.165) is 16.5 Å². The van der Waals surface area contributed by atoms with Gasteiger partial charge in [-0.3, -0.25) is 4.79 Å². The third-order valence-corrected chi connectivity index (χ3v) is 4.64. The summed E-state index contributed by atoms with van der Waals surface area (Å²) in [4.78, 5) is 24.5. The van der Waals surface area contributed by atoms with Crippen LogP contribution in [-0.4, -0.2) is 18.5 Å². The highest BCUT2D eigenvalue weighted by Crippen LogP contribution is 2.27. The monoisotopic (exact) mass is 441 g/mol. The van der Waals surface area contributed by atoms with Crippen LogP contribution in [0.5, 0.6) is 0 Å². The lowest BCUT2D eigenvalue weighted by molar-refractivity contribution is 0.0505. The van der Waals surface area contributed by atoms with E-state index >= 15 is 0 Å². The molecule has 0 aliphatic rings. The average Bonchev–Trinajstić information content (AvgIpc) is 3.09. The minimum Gasteiger partial charge on any atom is -0.462 e. The summed E-state index contributed by atoms with van der Waals surface area (Å²) in [7, 11) is 0. The Morgan fingerprint density at radius 2 is 1.75 bits per heavy atom. The van der Waals surface area contributed by atoms with Gasteiger partial charge in [0.2, 0.25) is 0 Å². The van der Waals surface area contributed by atoms with E-state index in [-0.39, 0.29) is 11.9 Å². The number of halogens is 1. The number of furan rings is 1. The molecule has 5 nitrogen and oxygen atoms in total. The molecule has 0 bridgehead atoms. The topological polar surface area (TPSA) is 68.5 Å². The normalized spacial score (nSPS) is 10.5. The molecule has 0 aliphatic heterocycles. The van der Waals surface area contributed by atoms with E-state index in [1.54, 1.807) is 37.3 Å². The summed E-state index contributed by atoms with van der Waals surface area (Å²) >= 11 is 3.40. The van der Waals surface area contributed by atoms with Gasteiger partial charge in [-0.2, -0.15) is 0 Å². The maximum Gasteiger partial charge on any atom is 0.338 e. The van der Waals surface area contributed by atoms with E-state index in [1.807, 2.05) is 31.2 Å². The fourth-order valence-electron chi connectivity index (χ4n) is 2.63. The predicted octanol–water partition coefficient (Wildman–Crippen LogP) is 5.84. The standard InChI is InChI=1S/C22H20BrNO4/c1-3-12-27-22(26)16-6-10-18(11-7-16)24-21(25)19-13-20(28-14(19)2)15-4-8-17(23)9-5-15/h4-11,13H,3,12H2,1-2H3,(H,24,25). The summed E-state index contributed by atoms with van der Waals surface area (Å²) in [6, 6.07) is 16.0. The number of aryl methyl sites for hydroxylation is 1. The molecule has 0 saturated heterocycles. The first-order valence-corrected chi connectivity index (χ1v) is 9.72. The summed E-state index contributed by atoms with van der Waals surface area (Å²) < 4.78 is 11.8. The largest absolute Gasteiger partial charge is 0.462 e. The second kappa shape index (κ2) is 8.89. The molecular weight excluding hydrogens is 422 g/mol. The van der Waals surface area contributed by atoms with Gasteiger partial charge in [-0.25, -0.2) is 4.79 Å². The van der Waals surface area contributed by atoms with Crippen LogP contribution in [0.3, 0.4) is 0 Å². The van der Waals surface area contributed by atoms with Crippen molar-refractivity contribution in [1.29, 1.82) is 0 Å². The Morgan fingerprint density at radius 3 is 2.39 bits per heavy atom. The van der Waals surface area contributed by atoms with Crippen molar-refractivity contribution in [2.75, 3.05) is 11.9 Å². The molecule has 6 heteroatoms. The quantitative estimate of drug-likeness (QED) is 0.488. The summed E-state index contributed by atoms with van der Waals surface area (Å²) in [5.41, 5.74) is 2.39. The minimum atomic E-state index is -0.371. The number of benzene rings is 2. The molecule has 0 fully saturated rings. The molecule has 1 heterocycles. The van der Waals surface area contributed by atoms with E-state index in [0.29, 0.717) is 34.9 Å². The van der Waals surface area contributed by atoms with Crippen LogP contribution in [0.4, 0.5) is 5.69 Å². The predicted molar refractivity (Wildman–Crippen MR) is 112 cm³/mol. The molecular formula is C22H20BrNO4. The first-order valence-electron chi connectivity index (χ1n) is 8.93. The first kappa shape index (κ1) is 19.9. The second-order valence-electron chi connectivity index (χ2n) is 6.25. The van der Waals surface area contributed by atoms with E-state index < -0.39 is 0 Å². The van der Waals surface area contributed by atoms with Gasteiger partial charge in [0.1, 0.15) is 11.5 Å². The van der Waals surface area contributed by atoms with Crippen molar-refractivity contribution in [1.82, 2.24) is 0 Å². The lowest BCUT2D eigenvalue weighted by Gasteiger charge is -2.06. The summed E-state index contributed by atoms with van der Waals surface area (Å²) in [6.45, 7) is 4.08. The molecule has 0 spiro atoms. The van der Waals surface area contributed by atoms with Gasteiger partial charge in [-0.15, -0.1) is 0 Å². The molecule has 0 radical (unpaired) electrons. The molecule has 0 aliphatic carbocycles.